The molecule has 0 aliphatic carbocycles. The predicted octanol–water partition coefficient (Wildman–Crippen LogP) is 2.89. The van der Waals surface area contributed by atoms with Gasteiger partial charge in [-0.3, -0.25) is 14.6 Å². The third-order valence-corrected chi connectivity index (χ3v) is 5.64. The normalized spacial score (nSPS) is 21.3. The van der Waals surface area contributed by atoms with Gasteiger partial charge in [0.25, 0.3) is 0 Å². The monoisotopic (exact) mass is 404 g/mol. The van der Waals surface area contributed by atoms with Crippen LogP contribution in [0.5, 0.6) is 0 Å². The van der Waals surface area contributed by atoms with Crippen molar-refractivity contribution in [2.75, 3.05) is 52.6 Å². The maximum Gasteiger partial charge on any atom is 0.216 e. The summed E-state index contributed by atoms with van der Waals surface area (Å²) in [5.74, 6) is 0.375. The maximum atomic E-state index is 13.6. The van der Waals surface area contributed by atoms with Gasteiger partial charge >= 0.3 is 0 Å². The fraction of sp³-hybridized carbons (Fsp3) is 0.476. The number of nitrogens with zero attached hydrogens (tertiary/aromatic N) is 2. The first-order valence-electron chi connectivity index (χ1n) is 9.71. The molecule has 0 saturated carbocycles. The lowest BCUT2D eigenvalue weighted by molar-refractivity contribution is -0.0307. The molecule has 2 atom stereocenters. The number of furan rings is 1. The standard InChI is InChI=1S/C21H25ClN2O4/c22-17-4-1-3-16(15-17)19(23-6-11-26-12-7-23)20(24-8-13-27-14-9-24)21(25)18-5-2-10-28-18/h1-5,10,15,19-20H,6-9,11-14H2/t19-,20+/m1/s1. The summed E-state index contributed by atoms with van der Waals surface area (Å²) in [6, 6.07) is 10.8. The first kappa shape index (κ1) is 19.6. The van der Waals surface area contributed by atoms with Gasteiger partial charge in [0.1, 0.15) is 0 Å². The van der Waals surface area contributed by atoms with Crippen molar-refractivity contribution >= 4 is 17.4 Å². The van der Waals surface area contributed by atoms with Crippen LogP contribution in [0, 0.1) is 0 Å². The SMILES string of the molecule is O=C(c1ccco1)[C@H]([C@@H](c1cccc(Cl)c1)N1CCOCC1)N1CCOCC1. The molecule has 2 aromatic rings. The number of morpholine rings is 2. The van der Waals surface area contributed by atoms with Crippen LogP contribution in [0.1, 0.15) is 22.2 Å². The highest BCUT2D eigenvalue weighted by atomic mass is 35.5. The second-order valence-corrected chi connectivity index (χ2v) is 7.52. The predicted molar refractivity (Wildman–Crippen MR) is 106 cm³/mol. The Hall–Kier alpha value is -1.70. The fourth-order valence-corrected chi connectivity index (χ4v) is 4.27. The summed E-state index contributed by atoms with van der Waals surface area (Å²) in [5.41, 5.74) is 1.03. The third-order valence-electron chi connectivity index (χ3n) is 5.40. The topological polar surface area (TPSA) is 55.2 Å². The minimum absolute atomic E-state index is 0.0108. The molecule has 0 N–H and O–H groups in total. The highest BCUT2D eigenvalue weighted by Gasteiger charge is 2.40. The molecule has 0 radical (unpaired) electrons. The van der Waals surface area contributed by atoms with E-state index in [0.717, 1.165) is 18.7 Å². The van der Waals surface area contributed by atoms with Gasteiger partial charge in [0.05, 0.1) is 44.8 Å². The molecule has 0 unspecified atom stereocenters. The molecule has 4 rings (SSSR count). The zero-order valence-corrected chi connectivity index (χ0v) is 16.5. The number of ketones is 1. The number of hydrogen-bond acceptors (Lipinski definition) is 6. The van der Waals surface area contributed by atoms with Crippen LogP contribution in [0.2, 0.25) is 5.02 Å². The lowest BCUT2D eigenvalue weighted by Gasteiger charge is -2.44. The number of Topliss-reactive ketones (excluding diaryl/α,β-unsaturated/α-hetero) is 1. The average molecular weight is 405 g/mol. The van der Waals surface area contributed by atoms with Crippen molar-refractivity contribution < 1.29 is 18.7 Å². The number of hydrogen-bond donors (Lipinski definition) is 0. The highest BCUT2D eigenvalue weighted by Crippen LogP contribution is 2.32. The van der Waals surface area contributed by atoms with Gasteiger partial charge in [0.15, 0.2) is 5.76 Å². The second kappa shape index (κ2) is 9.20. The van der Waals surface area contributed by atoms with Gasteiger partial charge in [0, 0.05) is 31.2 Å². The van der Waals surface area contributed by atoms with E-state index >= 15 is 0 Å². The van der Waals surface area contributed by atoms with Crippen LogP contribution < -0.4 is 0 Å². The highest BCUT2D eigenvalue weighted by molar-refractivity contribution is 6.30. The number of rotatable bonds is 6. The Kier molecular flexibility index (Phi) is 6.44. The van der Waals surface area contributed by atoms with E-state index in [-0.39, 0.29) is 17.9 Å². The molecule has 2 aliphatic rings. The van der Waals surface area contributed by atoms with Crippen LogP contribution in [0.3, 0.4) is 0 Å². The van der Waals surface area contributed by atoms with Crippen LogP contribution in [0.25, 0.3) is 0 Å². The van der Waals surface area contributed by atoms with Crippen molar-refractivity contribution in [2.45, 2.75) is 12.1 Å². The van der Waals surface area contributed by atoms with Crippen LogP contribution >= 0.6 is 11.6 Å². The molecular formula is C21H25ClN2O4. The summed E-state index contributed by atoms with van der Waals surface area (Å²) in [5, 5.41) is 0.668. The van der Waals surface area contributed by atoms with Crippen molar-refractivity contribution in [3.63, 3.8) is 0 Å². The van der Waals surface area contributed by atoms with E-state index in [9.17, 15) is 4.79 Å². The molecule has 6 nitrogen and oxygen atoms in total. The fourth-order valence-electron chi connectivity index (χ4n) is 4.07. The van der Waals surface area contributed by atoms with Gasteiger partial charge in [-0.15, -0.1) is 0 Å². The zero-order valence-electron chi connectivity index (χ0n) is 15.8. The van der Waals surface area contributed by atoms with E-state index in [0.29, 0.717) is 50.3 Å². The summed E-state index contributed by atoms with van der Waals surface area (Å²) >= 11 is 6.32. The van der Waals surface area contributed by atoms with E-state index in [4.69, 9.17) is 25.5 Å². The lowest BCUT2D eigenvalue weighted by Crippen LogP contribution is -2.55. The Bertz CT molecular complexity index is 770. The first-order chi connectivity index (χ1) is 13.7. The van der Waals surface area contributed by atoms with Gasteiger partial charge in [0.2, 0.25) is 5.78 Å². The quantitative estimate of drug-likeness (QED) is 0.690. The zero-order chi connectivity index (χ0) is 19.3. The lowest BCUT2D eigenvalue weighted by atomic mass is 9.91. The van der Waals surface area contributed by atoms with Gasteiger partial charge in [-0.2, -0.15) is 0 Å². The van der Waals surface area contributed by atoms with Crippen LogP contribution in [0.15, 0.2) is 47.1 Å². The smallest absolute Gasteiger partial charge is 0.216 e. The van der Waals surface area contributed by atoms with E-state index in [1.54, 1.807) is 18.4 Å². The van der Waals surface area contributed by atoms with Gasteiger partial charge < -0.3 is 13.9 Å². The summed E-state index contributed by atoms with van der Waals surface area (Å²) in [6.45, 7) is 5.49. The molecule has 0 spiro atoms. The first-order valence-corrected chi connectivity index (χ1v) is 10.1. The van der Waals surface area contributed by atoms with Gasteiger partial charge in [-0.05, 0) is 29.8 Å². The van der Waals surface area contributed by atoms with Crippen molar-refractivity contribution in [1.29, 1.82) is 0 Å². The van der Waals surface area contributed by atoms with E-state index in [1.807, 2.05) is 18.2 Å². The Morgan fingerprint density at radius 2 is 1.61 bits per heavy atom. The van der Waals surface area contributed by atoms with Crippen molar-refractivity contribution in [3.8, 4) is 0 Å². The molecule has 2 saturated heterocycles. The summed E-state index contributed by atoms with van der Waals surface area (Å²) in [4.78, 5) is 18.1. The van der Waals surface area contributed by atoms with E-state index in [1.165, 1.54) is 0 Å². The summed E-state index contributed by atoms with van der Waals surface area (Å²) in [7, 11) is 0. The number of ether oxygens (including phenoxy) is 2. The number of benzene rings is 1. The molecule has 28 heavy (non-hydrogen) atoms. The third kappa shape index (κ3) is 4.31. The Morgan fingerprint density at radius 3 is 2.21 bits per heavy atom. The number of carbonyl (C=O) groups excluding carboxylic acids is 1. The molecule has 2 aliphatic heterocycles. The Balaban J connectivity index is 1.76. The van der Waals surface area contributed by atoms with Gasteiger partial charge in [-0.25, -0.2) is 0 Å². The van der Waals surface area contributed by atoms with Gasteiger partial charge in [-0.1, -0.05) is 23.7 Å². The summed E-state index contributed by atoms with van der Waals surface area (Å²) in [6.07, 6.45) is 1.55. The van der Waals surface area contributed by atoms with Crippen molar-refractivity contribution in [3.05, 3.63) is 59.0 Å². The largest absolute Gasteiger partial charge is 0.461 e. The second-order valence-electron chi connectivity index (χ2n) is 7.08. The van der Waals surface area contributed by atoms with E-state index < -0.39 is 0 Å². The summed E-state index contributed by atoms with van der Waals surface area (Å²) < 4.78 is 16.6. The molecule has 2 fully saturated rings. The maximum absolute atomic E-state index is 13.6. The van der Waals surface area contributed by atoms with Crippen LogP contribution in [-0.4, -0.2) is 74.2 Å². The minimum atomic E-state index is -0.383. The molecular weight excluding hydrogens is 380 g/mol. The Morgan fingerprint density at radius 1 is 0.929 bits per heavy atom. The van der Waals surface area contributed by atoms with E-state index in [2.05, 4.69) is 15.9 Å². The molecule has 3 heterocycles. The Labute approximate surface area is 169 Å². The van der Waals surface area contributed by atoms with Crippen molar-refractivity contribution in [1.82, 2.24) is 9.80 Å². The molecule has 0 bridgehead atoms. The van der Waals surface area contributed by atoms with Crippen molar-refractivity contribution in [2.24, 2.45) is 0 Å². The average Bonchev–Trinajstić information content (AvgIpc) is 3.28. The number of halogens is 1. The molecule has 7 heteroatoms. The van der Waals surface area contributed by atoms with Crippen LogP contribution in [-0.2, 0) is 9.47 Å². The molecule has 1 aromatic heterocycles. The molecule has 0 amide bonds. The molecule has 1 aromatic carbocycles. The molecule has 150 valence electrons. The number of carbonyl (C=O) groups is 1. The minimum Gasteiger partial charge on any atom is -0.461 e. The van der Waals surface area contributed by atoms with Crippen LogP contribution in [0.4, 0.5) is 0 Å².